The van der Waals surface area contributed by atoms with Gasteiger partial charge in [-0.25, -0.2) is 4.39 Å². The Balaban J connectivity index is 2.03. The molecule has 0 unspecified atom stereocenters. The van der Waals surface area contributed by atoms with Crippen LogP contribution in [0.2, 0.25) is 0 Å². The van der Waals surface area contributed by atoms with Crippen LogP contribution in [0.1, 0.15) is 12.5 Å². The van der Waals surface area contributed by atoms with Gasteiger partial charge in [-0.05, 0) is 43.3 Å². The molecule has 1 N–H and O–H groups in total. The number of hydrogen-bond acceptors (Lipinski definition) is 3. The molecule has 0 fully saturated rings. The predicted octanol–water partition coefficient (Wildman–Crippen LogP) is 3.10. The second kappa shape index (κ2) is 6.53. The van der Waals surface area contributed by atoms with E-state index in [0.29, 0.717) is 17.0 Å². The first-order valence-corrected chi connectivity index (χ1v) is 6.32. The molecule has 2 aromatic rings. The number of nitriles is 1. The number of hydrogen-bond donors (Lipinski definition) is 1. The molecule has 1 amide bonds. The minimum atomic E-state index is -0.787. The quantitative estimate of drug-likeness (QED) is 0.938. The first-order chi connectivity index (χ1) is 10.1. The van der Waals surface area contributed by atoms with Gasteiger partial charge in [-0.3, -0.25) is 4.79 Å². The zero-order chi connectivity index (χ0) is 15.2. The molecule has 0 spiro atoms. The number of anilines is 1. The average molecular weight is 284 g/mol. The molecule has 5 heteroatoms. The van der Waals surface area contributed by atoms with Crippen molar-refractivity contribution in [2.45, 2.75) is 13.0 Å². The van der Waals surface area contributed by atoms with Gasteiger partial charge in [0, 0.05) is 5.69 Å². The summed E-state index contributed by atoms with van der Waals surface area (Å²) in [6.45, 7) is 1.58. The second-order valence-corrected chi connectivity index (χ2v) is 4.36. The normalized spacial score (nSPS) is 11.3. The number of halogens is 1. The molecular formula is C16H13FN2O2. The van der Waals surface area contributed by atoms with Crippen LogP contribution in [0, 0.1) is 17.1 Å². The standard InChI is InChI=1S/C16H13FN2O2/c1-11(21-15-5-3-2-4-12(15)10-18)16(20)19-14-8-6-13(17)7-9-14/h2-9,11H,1H3,(H,19,20)/t11-/m1/s1. The Bertz CT molecular complexity index is 677. The third kappa shape index (κ3) is 3.80. The fourth-order valence-electron chi connectivity index (χ4n) is 1.68. The third-order valence-electron chi connectivity index (χ3n) is 2.79. The molecule has 0 aliphatic heterocycles. The van der Waals surface area contributed by atoms with Crippen LogP contribution >= 0.6 is 0 Å². The van der Waals surface area contributed by atoms with E-state index < -0.39 is 6.10 Å². The Labute approximate surface area is 121 Å². The predicted molar refractivity (Wildman–Crippen MR) is 76.3 cm³/mol. The molecule has 0 bridgehead atoms. The second-order valence-electron chi connectivity index (χ2n) is 4.36. The molecule has 21 heavy (non-hydrogen) atoms. The SMILES string of the molecule is C[C@@H](Oc1ccccc1C#N)C(=O)Nc1ccc(F)cc1. The summed E-state index contributed by atoms with van der Waals surface area (Å²) >= 11 is 0. The molecule has 106 valence electrons. The fraction of sp³-hybridized carbons (Fsp3) is 0.125. The van der Waals surface area contributed by atoms with Crippen molar-refractivity contribution in [3.63, 3.8) is 0 Å². The number of nitrogens with one attached hydrogen (secondary N) is 1. The molecule has 0 aliphatic carbocycles. The van der Waals surface area contributed by atoms with Gasteiger partial charge in [-0.1, -0.05) is 12.1 Å². The van der Waals surface area contributed by atoms with Crippen molar-refractivity contribution in [1.82, 2.24) is 0 Å². The van der Waals surface area contributed by atoms with Crippen LogP contribution in [0.25, 0.3) is 0 Å². The molecule has 0 aromatic heterocycles. The minimum Gasteiger partial charge on any atom is -0.480 e. The highest BCUT2D eigenvalue weighted by molar-refractivity contribution is 5.94. The molecule has 0 heterocycles. The lowest BCUT2D eigenvalue weighted by Crippen LogP contribution is -2.30. The van der Waals surface area contributed by atoms with E-state index in [-0.39, 0.29) is 11.7 Å². The van der Waals surface area contributed by atoms with Crippen molar-refractivity contribution >= 4 is 11.6 Å². The van der Waals surface area contributed by atoms with Gasteiger partial charge in [-0.15, -0.1) is 0 Å². The summed E-state index contributed by atoms with van der Waals surface area (Å²) < 4.78 is 18.3. The monoisotopic (exact) mass is 284 g/mol. The number of carbonyl (C=O) groups excluding carboxylic acids is 1. The summed E-state index contributed by atoms with van der Waals surface area (Å²) in [6, 6.07) is 14.1. The van der Waals surface area contributed by atoms with Crippen molar-refractivity contribution in [3.05, 3.63) is 59.9 Å². The van der Waals surface area contributed by atoms with Crippen LogP contribution in [-0.2, 0) is 4.79 Å². The van der Waals surface area contributed by atoms with Crippen LogP contribution in [0.3, 0.4) is 0 Å². The van der Waals surface area contributed by atoms with E-state index in [9.17, 15) is 9.18 Å². The van der Waals surface area contributed by atoms with E-state index in [1.165, 1.54) is 24.3 Å². The molecule has 0 saturated heterocycles. The van der Waals surface area contributed by atoms with E-state index in [4.69, 9.17) is 10.00 Å². The Morgan fingerprint density at radius 1 is 1.24 bits per heavy atom. The lowest BCUT2D eigenvalue weighted by atomic mass is 10.2. The maximum absolute atomic E-state index is 12.8. The number of ether oxygens (including phenoxy) is 1. The zero-order valence-electron chi connectivity index (χ0n) is 11.3. The Morgan fingerprint density at radius 2 is 1.90 bits per heavy atom. The fourth-order valence-corrected chi connectivity index (χ4v) is 1.68. The summed E-state index contributed by atoms with van der Waals surface area (Å²) in [6.07, 6.45) is -0.787. The van der Waals surface area contributed by atoms with E-state index >= 15 is 0 Å². The molecule has 2 aromatic carbocycles. The molecule has 0 saturated carbocycles. The van der Waals surface area contributed by atoms with E-state index in [1.807, 2.05) is 6.07 Å². The van der Waals surface area contributed by atoms with Gasteiger partial charge in [0.2, 0.25) is 0 Å². The minimum absolute atomic E-state index is 0.349. The Kier molecular flexibility index (Phi) is 4.52. The van der Waals surface area contributed by atoms with E-state index in [1.54, 1.807) is 31.2 Å². The highest BCUT2D eigenvalue weighted by Gasteiger charge is 2.16. The molecular weight excluding hydrogens is 271 g/mol. The number of carbonyl (C=O) groups is 1. The molecule has 0 radical (unpaired) electrons. The van der Waals surface area contributed by atoms with Crippen LogP contribution in [0.4, 0.5) is 10.1 Å². The van der Waals surface area contributed by atoms with Crippen molar-refractivity contribution in [3.8, 4) is 11.8 Å². The summed E-state index contributed by atoms with van der Waals surface area (Å²) in [4.78, 5) is 12.0. The highest BCUT2D eigenvalue weighted by atomic mass is 19.1. The van der Waals surface area contributed by atoms with E-state index in [2.05, 4.69) is 5.32 Å². The maximum atomic E-state index is 12.8. The van der Waals surface area contributed by atoms with Crippen molar-refractivity contribution in [2.75, 3.05) is 5.32 Å². The Morgan fingerprint density at radius 3 is 2.57 bits per heavy atom. The lowest BCUT2D eigenvalue weighted by Gasteiger charge is -2.15. The molecule has 0 aliphatic rings. The average Bonchev–Trinajstić information content (AvgIpc) is 2.50. The Hall–Kier alpha value is -2.87. The first kappa shape index (κ1) is 14.5. The zero-order valence-corrected chi connectivity index (χ0v) is 11.3. The van der Waals surface area contributed by atoms with Crippen LogP contribution in [0.5, 0.6) is 5.75 Å². The van der Waals surface area contributed by atoms with Crippen molar-refractivity contribution in [1.29, 1.82) is 5.26 Å². The number of benzene rings is 2. The molecule has 2 rings (SSSR count). The van der Waals surface area contributed by atoms with Crippen LogP contribution in [-0.4, -0.2) is 12.0 Å². The van der Waals surface area contributed by atoms with Gasteiger partial charge in [0.1, 0.15) is 17.6 Å². The van der Waals surface area contributed by atoms with Gasteiger partial charge in [0.05, 0.1) is 5.56 Å². The first-order valence-electron chi connectivity index (χ1n) is 6.32. The summed E-state index contributed by atoms with van der Waals surface area (Å²) in [5.41, 5.74) is 0.837. The van der Waals surface area contributed by atoms with E-state index in [0.717, 1.165) is 0 Å². The summed E-state index contributed by atoms with van der Waals surface area (Å²) in [7, 11) is 0. The van der Waals surface area contributed by atoms with Gasteiger partial charge >= 0.3 is 0 Å². The number of amides is 1. The largest absolute Gasteiger partial charge is 0.480 e. The topological polar surface area (TPSA) is 62.1 Å². The number of rotatable bonds is 4. The summed E-state index contributed by atoms with van der Waals surface area (Å²) in [5.74, 6) is -0.406. The lowest BCUT2D eigenvalue weighted by molar-refractivity contribution is -0.122. The van der Waals surface area contributed by atoms with Crippen LogP contribution in [0.15, 0.2) is 48.5 Å². The number of para-hydroxylation sites is 1. The molecule has 1 atom stereocenters. The molecule has 4 nitrogen and oxygen atoms in total. The van der Waals surface area contributed by atoms with Crippen LogP contribution < -0.4 is 10.1 Å². The smallest absolute Gasteiger partial charge is 0.265 e. The van der Waals surface area contributed by atoms with Crippen molar-refractivity contribution in [2.24, 2.45) is 0 Å². The maximum Gasteiger partial charge on any atom is 0.265 e. The van der Waals surface area contributed by atoms with Crippen molar-refractivity contribution < 1.29 is 13.9 Å². The van der Waals surface area contributed by atoms with Gasteiger partial charge < -0.3 is 10.1 Å². The summed E-state index contributed by atoms with van der Waals surface area (Å²) in [5, 5.41) is 11.6. The van der Waals surface area contributed by atoms with Gasteiger partial charge in [0.25, 0.3) is 5.91 Å². The number of nitrogens with zero attached hydrogens (tertiary/aromatic N) is 1. The van der Waals surface area contributed by atoms with Gasteiger partial charge in [0.15, 0.2) is 6.10 Å². The van der Waals surface area contributed by atoms with Gasteiger partial charge in [-0.2, -0.15) is 5.26 Å². The highest BCUT2D eigenvalue weighted by Crippen LogP contribution is 2.18. The third-order valence-corrected chi connectivity index (χ3v) is 2.79.